The van der Waals surface area contributed by atoms with Gasteiger partial charge in [-0.05, 0) is 54.6 Å². The van der Waals surface area contributed by atoms with Crippen molar-refractivity contribution in [3.8, 4) is 35.0 Å². The first-order valence-electron chi connectivity index (χ1n) is 6.56. The summed E-state index contributed by atoms with van der Waals surface area (Å²) < 4.78 is 11.0. The van der Waals surface area contributed by atoms with Crippen molar-refractivity contribution in [3.63, 3.8) is 0 Å². The van der Waals surface area contributed by atoms with Gasteiger partial charge in [0.1, 0.15) is 29.4 Å². The molecule has 3 rings (SSSR count). The number of nitrogens with zero attached hydrogens (tertiary/aromatic N) is 2. The molecule has 4 heteroatoms. The average molecular weight is 286 g/mol. The van der Waals surface area contributed by atoms with Crippen LogP contribution in [0.1, 0.15) is 11.1 Å². The molecule has 0 aliphatic rings. The van der Waals surface area contributed by atoms with Crippen molar-refractivity contribution < 1.29 is 9.15 Å². The molecule has 0 saturated heterocycles. The average Bonchev–Trinajstić information content (AvgIpc) is 3.10. The molecule has 0 aliphatic carbocycles. The fourth-order valence-electron chi connectivity index (χ4n) is 2.04. The van der Waals surface area contributed by atoms with Crippen LogP contribution in [0.5, 0.6) is 11.5 Å². The first-order valence-corrected chi connectivity index (χ1v) is 6.56. The Morgan fingerprint density at radius 3 is 2.18 bits per heavy atom. The molecule has 0 atom stereocenters. The second-order valence-electron chi connectivity index (χ2n) is 4.53. The molecular formula is C18H10N2O2. The molecule has 0 unspecified atom stereocenters. The lowest BCUT2D eigenvalue weighted by Crippen LogP contribution is -1.88. The quantitative estimate of drug-likeness (QED) is 0.711. The number of ether oxygens (including phenoxy) is 1. The van der Waals surface area contributed by atoms with Crippen molar-refractivity contribution in [2.24, 2.45) is 0 Å². The van der Waals surface area contributed by atoms with Gasteiger partial charge < -0.3 is 9.15 Å². The van der Waals surface area contributed by atoms with E-state index in [1.807, 2.05) is 48.5 Å². The highest BCUT2D eigenvalue weighted by molar-refractivity contribution is 5.58. The number of furan rings is 1. The fourth-order valence-corrected chi connectivity index (χ4v) is 2.04. The smallest absolute Gasteiger partial charge is 0.133 e. The number of benzene rings is 2. The van der Waals surface area contributed by atoms with Gasteiger partial charge in [0.25, 0.3) is 0 Å². The molecule has 2 aromatic carbocycles. The highest BCUT2D eigenvalue weighted by Gasteiger charge is 2.05. The Labute approximate surface area is 127 Å². The predicted molar refractivity (Wildman–Crippen MR) is 80.1 cm³/mol. The predicted octanol–water partition coefficient (Wildman–Crippen LogP) is 4.48. The number of hydrogen-bond donors (Lipinski definition) is 0. The lowest BCUT2D eigenvalue weighted by molar-refractivity contribution is 0.482. The Kier molecular flexibility index (Phi) is 3.59. The highest BCUT2D eigenvalue weighted by Crippen LogP contribution is 2.27. The van der Waals surface area contributed by atoms with Gasteiger partial charge in [0.2, 0.25) is 0 Å². The summed E-state index contributed by atoms with van der Waals surface area (Å²) in [6.07, 6.45) is 1.62. The maximum Gasteiger partial charge on any atom is 0.133 e. The van der Waals surface area contributed by atoms with Gasteiger partial charge in [0, 0.05) is 5.56 Å². The summed E-state index contributed by atoms with van der Waals surface area (Å²) in [6, 6.07) is 19.9. The van der Waals surface area contributed by atoms with E-state index in [0.29, 0.717) is 22.6 Å². The Morgan fingerprint density at radius 2 is 1.55 bits per heavy atom. The molecule has 0 bridgehead atoms. The van der Waals surface area contributed by atoms with E-state index < -0.39 is 0 Å². The van der Waals surface area contributed by atoms with Gasteiger partial charge in [-0.1, -0.05) is 0 Å². The summed E-state index contributed by atoms with van der Waals surface area (Å²) in [7, 11) is 0. The second-order valence-corrected chi connectivity index (χ2v) is 4.53. The normalized spacial score (nSPS) is 9.73. The van der Waals surface area contributed by atoms with E-state index in [0.717, 1.165) is 11.3 Å². The summed E-state index contributed by atoms with van der Waals surface area (Å²) in [5, 5.41) is 17.9. The van der Waals surface area contributed by atoms with E-state index in [4.69, 9.17) is 19.7 Å². The van der Waals surface area contributed by atoms with Crippen molar-refractivity contribution >= 4 is 0 Å². The molecule has 4 nitrogen and oxygen atoms in total. The standard InChI is InChI=1S/C18H10N2O2/c19-11-14-5-8-17(10-15(14)12-20)22-16-6-3-13(4-7-16)18-2-1-9-21-18/h1-10H. The third kappa shape index (κ3) is 2.67. The van der Waals surface area contributed by atoms with Crippen LogP contribution in [0.2, 0.25) is 0 Å². The van der Waals surface area contributed by atoms with Gasteiger partial charge in [-0.15, -0.1) is 0 Å². The largest absolute Gasteiger partial charge is 0.464 e. The van der Waals surface area contributed by atoms with Crippen molar-refractivity contribution in [1.82, 2.24) is 0 Å². The van der Waals surface area contributed by atoms with Crippen LogP contribution >= 0.6 is 0 Å². The van der Waals surface area contributed by atoms with E-state index in [9.17, 15) is 0 Å². The molecule has 3 aromatic rings. The topological polar surface area (TPSA) is 69.9 Å². The number of hydrogen-bond acceptors (Lipinski definition) is 4. The third-order valence-corrected chi connectivity index (χ3v) is 3.13. The summed E-state index contributed by atoms with van der Waals surface area (Å²) in [5.41, 5.74) is 1.59. The summed E-state index contributed by atoms with van der Waals surface area (Å²) >= 11 is 0. The lowest BCUT2D eigenvalue weighted by atomic mass is 10.1. The van der Waals surface area contributed by atoms with Crippen LogP contribution in [0.15, 0.2) is 65.3 Å². The van der Waals surface area contributed by atoms with Crippen LogP contribution in [0, 0.1) is 22.7 Å². The molecule has 0 saturated carbocycles. The number of nitriles is 2. The minimum absolute atomic E-state index is 0.298. The molecule has 1 aromatic heterocycles. The van der Waals surface area contributed by atoms with E-state index in [2.05, 4.69) is 0 Å². The van der Waals surface area contributed by atoms with Crippen LogP contribution in [-0.4, -0.2) is 0 Å². The highest BCUT2D eigenvalue weighted by atomic mass is 16.5. The Hall–Kier alpha value is -3.50. The zero-order valence-electron chi connectivity index (χ0n) is 11.5. The van der Waals surface area contributed by atoms with Crippen LogP contribution in [0.3, 0.4) is 0 Å². The molecule has 0 fully saturated rings. The van der Waals surface area contributed by atoms with Gasteiger partial charge in [-0.3, -0.25) is 0 Å². The Bertz CT molecular complexity index is 867. The van der Waals surface area contributed by atoms with Crippen molar-refractivity contribution in [2.45, 2.75) is 0 Å². The van der Waals surface area contributed by atoms with Crippen LogP contribution in [-0.2, 0) is 0 Å². The van der Waals surface area contributed by atoms with E-state index in [1.54, 1.807) is 24.5 Å². The van der Waals surface area contributed by atoms with Crippen molar-refractivity contribution in [1.29, 1.82) is 10.5 Å². The van der Waals surface area contributed by atoms with Crippen LogP contribution in [0.4, 0.5) is 0 Å². The van der Waals surface area contributed by atoms with Crippen molar-refractivity contribution in [3.05, 3.63) is 72.0 Å². The molecule has 104 valence electrons. The molecule has 22 heavy (non-hydrogen) atoms. The Morgan fingerprint density at radius 1 is 0.818 bits per heavy atom. The monoisotopic (exact) mass is 286 g/mol. The number of rotatable bonds is 3. The maximum absolute atomic E-state index is 9.02. The maximum atomic E-state index is 9.02. The summed E-state index contributed by atoms with van der Waals surface area (Å²) in [6.45, 7) is 0. The Balaban J connectivity index is 1.82. The van der Waals surface area contributed by atoms with Crippen molar-refractivity contribution in [2.75, 3.05) is 0 Å². The first kappa shape index (κ1) is 13.5. The van der Waals surface area contributed by atoms with E-state index in [-0.39, 0.29) is 0 Å². The van der Waals surface area contributed by atoms with Gasteiger partial charge >= 0.3 is 0 Å². The summed E-state index contributed by atoms with van der Waals surface area (Å²) in [4.78, 5) is 0. The van der Waals surface area contributed by atoms with Gasteiger partial charge in [0.05, 0.1) is 17.4 Å². The molecule has 0 spiro atoms. The van der Waals surface area contributed by atoms with Crippen LogP contribution < -0.4 is 4.74 Å². The van der Waals surface area contributed by atoms with E-state index in [1.165, 1.54) is 0 Å². The third-order valence-electron chi connectivity index (χ3n) is 3.13. The van der Waals surface area contributed by atoms with Gasteiger partial charge in [-0.2, -0.15) is 10.5 Å². The minimum Gasteiger partial charge on any atom is -0.464 e. The first-order chi connectivity index (χ1) is 10.8. The zero-order valence-corrected chi connectivity index (χ0v) is 11.5. The van der Waals surface area contributed by atoms with Gasteiger partial charge in [0.15, 0.2) is 0 Å². The van der Waals surface area contributed by atoms with Crippen LogP contribution in [0.25, 0.3) is 11.3 Å². The summed E-state index contributed by atoms with van der Waals surface area (Å²) in [5.74, 6) is 1.95. The molecular weight excluding hydrogens is 276 g/mol. The molecule has 0 aliphatic heterocycles. The fraction of sp³-hybridized carbons (Fsp3) is 0. The second kappa shape index (κ2) is 5.87. The molecule has 0 N–H and O–H groups in total. The minimum atomic E-state index is 0.298. The molecule has 0 radical (unpaired) electrons. The van der Waals surface area contributed by atoms with Gasteiger partial charge in [-0.25, -0.2) is 0 Å². The zero-order chi connectivity index (χ0) is 15.4. The molecule has 1 heterocycles. The SMILES string of the molecule is N#Cc1ccc(Oc2ccc(-c3ccco3)cc2)cc1C#N. The lowest BCUT2D eigenvalue weighted by Gasteiger charge is -2.07. The molecule has 0 amide bonds. The van der Waals surface area contributed by atoms with E-state index >= 15 is 0 Å².